The van der Waals surface area contributed by atoms with Crippen LogP contribution in [0.1, 0.15) is 23.7 Å². The number of H-pyrrole nitrogens is 1. The number of ether oxygens (including phenoxy) is 1. The lowest BCUT2D eigenvalue weighted by molar-refractivity contribution is 0.0764. The van der Waals surface area contributed by atoms with Crippen molar-refractivity contribution in [2.24, 2.45) is 5.92 Å². The van der Waals surface area contributed by atoms with Crippen LogP contribution in [0.3, 0.4) is 0 Å². The third-order valence-corrected chi connectivity index (χ3v) is 2.60. The van der Waals surface area contributed by atoms with Crippen molar-refractivity contribution in [2.75, 3.05) is 6.61 Å². The Morgan fingerprint density at radius 2 is 2.54 bits per heavy atom. The van der Waals surface area contributed by atoms with Crippen LogP contribution in [0.4, 0.5) is 0 Å². The van der Waals surface area contributed by atoms with E-state index in [0.717, 1.165) is 12.0 Å². The zero-order chi connectivity index (χ0) is 9.26. The molecule has 3 nitrogen and oxygen atoms in total. The Morgan fingerprint density at radius 3 is 3.08 bits per heavy atom. The molecule has 3 heteroatoms. The zero-order valence-corrected chi connectivity index (χ0v) is 7.62. The molecule has 0 saturated carbocycles. The van der Waals surface area contributed by atoms with Crippen LogP contribution in [-0.2, 0) is 4.74 Å². The van der Waals surface area contributed by atoms with Crippen molar-refractivity contribution >= 4 is 5.78 Å². The van der Waals surface area contributed by atoms with E-state index in [9.17, 15) is 4.79 Å². The van der Waals surface area contributed by atoms with Crippen LogP contribution in [-0.4, -0.2) is 23.5 Å². The van der Waals surface area contributed by atoms with Gasteiger partial charge in [0.25, 0.3) is 0 Å². The molecule has 0 aromatic carbocycles. The summed E-state index contributed by atoms with van der Waals surface area (Å²) < 4.78 is 5.35. The molecule has 1 aromatic heterocycles. The van der Waals surface area contributed by atoms with Crippen molar-refractivity contribution in [3.63, 3.8) is 0 Å². The highest BCUT2D eigenvalue weighted by Gasteiger charge is 2.31. The van der Waals surface area contributed by atoms with Gasteiger partial charge in [-0.05, 0) is 19.4 Å². The second-order valence-corrected chi connectivity index (χ2v) is 3.44. The van der Waals surface area contributed by atoms with Crippen molar-refractivity contribution < 1.29 is 9.53 Å². The van der Waals surface area contributed by atoms with Crippen molar-refractivity contribution in [3.05, 3.63) is 24.0 Å². The molecule has 0 radical (unpaired) electrons. The second-order valence-electron chi connectivity index (χ2n) is 3.44. The molecule has 1 aromatic rings. The highest BCUT2D eigenvalue weighted by molar-refractivity contribution is 5.98. The first-order chi connectivity index (χ1) is 6.29. The van der Waals surface area contributed by atoms with E-state index in [4.69, 9.17) is 4.74 Å². The Balaban J connectivity index is 2.13. The summed E-state index contributed by atoms with van der Waals surface area (Å²) in [4.78, 5) is 14.7. The fraction of sp³-hybridized carbons (Fsp3) is 0.500. The van der Waals surface area contributed by atoms with Crippen LogP contribution in [0.15, 0.2) is 18.5 Å². The Morgan fingerprint density at radius 1 is 1.69 bits per heavy atom. The average molecular weight is 179 g/mol. The number of aromatic nitrogens is 1. The molecule has 1 aliphatic rings. The van der Waals surface area contributed by atoms with E-state index in [1.807, 2.05) is 13.0 Å². The van der Waals surface area contributed by atoms with Gasteiger partial charge in [0.1, 0.15) is 0 Å². The number of hydrogen-bond donors (Lipinski definition) is 1. The molecule has 1 fully saturated rings. The summed E-state index contributed by atoms with van der Waals surface area (Å²) in [5.41, 5.74) is 0.766. The van der Waals surface area contributed by atoms with E-state index >= 15 is 0 Å². The lowest BCUT2D eigenvalue weighted by atomic mass is 9.94. The Bertz CT molecular complexity index is 292. The Labute approximate surface area is 77.1 Å². The largest absolute Gasteiger partial charge is 0.378 e. The molecule has 70 valence electrons. The predicted octanol–water partition coefficient (Wildman–Crippen LogP) is 1.62. The minimum atomic E-state index is 0.0517. The standard InChI is InChI=1S/C10H13NO2/c1-7-9(3-5-13-7)10(12)8-2-4-11-6-8/h2,4,6-7,9,11H,3,5H2,1H3. The number of aromatic amines is 1. The molecule has 2 atom stereocenters. The maximum Gasteiger partial charge on any atom is 0.170 e. The van der Waals surface area contributed by atoms with Gasteiger partial charge in [-0.1, -0.05) is 0 Å². The van der Waals surface area contributed by atoms with Gasteiger partial charge in [-0.3, -0.25) is 4.79 Å². The third-order valence-electron chi connectivity index (χ3n) is 2.60. The molecular formula is C10H13NO2. The first-order valence-corrected chi connectivity index (χ1v) is 4.57. The van der Waals surface area contributed by atoms with Gasteiger partial charge in [0.15, 0.2) is 5.78 Å². The molecule has 0 spiro atoms. The number of nitrogens with one attached hydrogen (secondary N) is 1. The van der Waals surface area contributed by atoms with E-state index < -0.39 is 0 Å². The first kappa shape index (κ1) is 8.51. The van der Waals surface area contributed by atoms with E-state index in [-0.39, 0.29) is 17.8 Å². The number of hydrogen-bond acceptors (Lipinski definition) is 2. The van der Waals surface area contributed by atoms with Crippen molar-refractivity contribution in [1.29, 1.82) is 0 Å². The molecule has 1 saturated heterocycles. The van der Waals surface area contributed by atoms with Gasteiger partial charge in [-0.25, -0.2) is 0 Å². The number of carbonyl (C=O) groups is 1. The molecule has 1 N–H and O–H groups in total. The first-order valence-electron chi connectivity index (χ1n) is 4.57. The molecular weight excluding hydrogens is 166 g/mol. The minimum absolute atomic E-state index is 0.0517. The number of rotatable bonds is 2. The second kappa shape index (κ2) is 3.34. The number of ketones is 1. The van der Waals surface area contributed by atoms with Crippen LogP contribution >= 0.6 is 0 Å². The van der Waals surface area contributed by atoms with Crippen molar-refractivity contribution in [1.82, 2.24) is 4.98 Å². The van der Waals surface area contributed by atoms with Gasteiger partial charge >= 0.3 is 0 Å². The smallest absolute Gasteiger partial charge is 0.170 e. The minimum Gasteiger partial charge on any atom is -0.378 e. The van der Waals surface area contributed by atoms with Crippen LogP contribution in [0.2, 0.25) is 0 Å². The highest BCUT2D eigenvalue weighted by Crippen LogP contribution is 2.24. The maximum absolute atomic E-state index is 11.8. The molecule has 2 rings (SSSR count). The Hall–Kier alpha value is -1.09. The van der Waals surface area contributed by atoms with Crippen molar-refractivity contribution in [2.45, 2.75) is 19.4 Å². The number of carbonyl (C=O) groups excluding carboxylic acids is 1. The van der Waals surface area contributed by atoms with Gasteiger partial charge < -0.3 is 9.72 Å². The van der Waals surface area contributed by atoms with Gasteiger partial charge in [-0.2, -0.15) is 0 Å². The zero-order valence-electron chi connectivity index (χ0n) is 7.62. The molecule has 2 heterocycles. The van der Waals surface area contributed by atoms with Crippen LogP contribution < -0.4 is 0 Å². The normalized spacial score (nSPS) is 27.8. The predicted molar refractivity (Wildman–Crippen MR) is 48.6 cm³/mol. The van der Waals surface area contributed by atoms with Gasteiger partial charge in [0.05, 0.1) is 12.0 Å². The summed E-state index contributed by atoms with van der Waals surface area (Å²) >= 11 is 0. The average Bonchev–Trinajstić information content (AvgIpc) is 2.72. The van der Waals surface area contributed by atoms with Crippen LogP contribution in [0.25, 0.3) is 0 Å². The molecule has 13 heavy (non-hydrogen) atoms. The fourth-order valence-electron chi connectivity index (χ4n) is 1.77. The third kappa shape index (κ3) is 1.52. The summed E-state index contributed by atoms with van der Waals surface area (Å²) in [6.07, 6.45) is 4.44. The molecule has 2 unspecified atom stereocenters. The monoisotopic (exact) mass is 179 g/mol. The summed E-state index contributed by atoms with van der Waals surface area (Å²) in [5, 5.41) is 0. The van der Waals surface area contributed by atoms with Gasteiger partial charge in [-0.15, -0.1) is 0 Å². The van der Waals surface area contributed by atoms with E-state index in [1.165, 1.54) is 0 Å². The van der Waals surface area contributed by atoms with E-state index in [1.54, 1.807) is 12.4 Å². The molecule has 0 aliphatic carbocycles. The van der Waals surface area contributed by atoms with Crippen LogP contribution in [0, 0.1) is 5.92 Å². The Kier molecular flexibility index (Phi) is 2.19. The maximum atomic E-state index is 11.8. The molecule has 0 bridgehead atoms. The lowest BCUT2D eigenvalue weighted by Gasteiger charge is -2.10. The van der Waals surface area contributed by atoms with Crippen molar-refractivity contribution in [3.8, 4) is 0 Å². The summed E-state index contributed by atoms with van der Waals surface area (Å²) in [7, 11) is 0. The summed E-state index contributed by atoms with van der Waals surface area (Å²) in [6.45, 7) is 2.67. The SMILES string of the molecule is CC1OCCC1C(=O)c1cc[nH]c1. The highest BCUT2D eigenvalue weighted by atomic mass is 16.5. The quantitative estimate of drug-likeness (QED) is 0.701. The van der Waals surface area contributed by atoms with Gasteiger partial charge in [0.2, 0.25) is 0 Å². The van der Waals surface area contributed by atoms with E-state index in [2.05, 4.69) is 4.98 Å². The van der Waals surface area contributed by atoms with Gasteiger partial charge in [0, 0.05) is 24.6 Å². The topological polar surface area (TPSA) is 42.1 Å². The van der Waals surface area contributed by atoms with E-state index in [0.29, 0.717) is 6.61 Å². The summed E-state index contributed by atoms with van der Waals surface area (Å²) in [5.74, 6) is 0.252. The molecule has 0 amide bonds. The fourth-order valence-corrected chi connectivity index (χ4v) is 1.77. The van der Waals surface area contributed by atoms with Crippen LogP contribution in [0.5, 0.6) is 0 Å². The lowest BCUT2D eigenvalue weighted by Crippen LogP contribution is -2.21. The summed E-state index contributed by atoms with van der Waals surface area (Å²) in [6, 6.07) is 1.81. The number of Topliss-reactive ketones (excluding diaryl/α,β-unsaturated/α-hetero) is 1. The molecule has 1 aliphatic heterocycles.